The summed E-state index contributed by atoms with van der Waals surface area (Å²) in [5.41, 5.74) is 0.906. The Morgan fingerprint density at radius 3 is 2.41 bits per heavy atom. The molecule has 1 heterocycles. The zero-order valence-electron chi connectivity index (χ0n) is 20.1. The van der Waals surface area contributed by atoms with Gasteiger partial charge in [0.2, 0.25) is 0 Å². The quantitative estimate of drug-likeness (QED) is 0.214. The summed E-state index contributed by atoms with van der Waals surface area (Å²) >= 11 is 0. The van der Waals surface area contributed by atoms with Crippen molar-refractivity contribution in [2.24, 2.45) is 0 Å². The molecule has 1 fully saturated rings. The number of urea groups is 1. The van der Waals surface area contributed by atoms with Gasteiger partial charge in [-0.1, -0.05) is 6.08 Å². The number of carboxylic acid groups (broad SMARTS) is 1. The van der Waals surface area contributed by atoms with Crippen LogP contribution in [-0.4, -0.2) is 55.2 Å². The molecule has 0 aliphatic carbocycles. The highest BCUT2D eigenvalue weighted by Crippen LogP contribution is 2.35. The fourth-order valence-electron chi connectivity index (χ4n) is 3.56. The molecule has 1 saturated heterocycles. The Kier molecular flexibility index (Phi) is 8.41. The molecule has 4 amide bonds. The minimum absolute atomic E-state index is 0.133. The number of imide groups is 2. The van der Waals surface area contributed by atoms with E-state index in [0.717, 1.165) is 4.90 Å². The SMILES string of the molecule is C=CCc1cc(/C=C2\C(=O)NC(=O)N(c3ccc(C(=O)OC)cc3)C2=O)cc(OCC)c1OCC(=O)O. The Hall–Kier alpha value is -4.93. The van der Waals surface area contributed by atoms with Gasteiger partial charge >= 0.3 is 18.0 Å². The number of rotatable bonds is 10. The predicted octanol–water partition coefficient (Wildman–Crippen LogP) is 2.73. The van der Waals surface area contributed by atoms with Crippen LogP contribution in [0, 0.1) is 0 Å². The standard InChI is InChI=1S/C26H24N2O9/c1-4-6-17-11-15(13-20(36-5-2)22(17)37-14-21(29)30)12-19-23(31)27-26(34)28(24(19)32)18-9-7-16(8-10-18)25(33)35-3/h4,7-13H,1,5-6,14H2,2-3H3,(H,29,30)(H,27,31,34)/b19-12+. The van der Waals surface area contributed by atoms with Crippen LogP contribution in [-0.2, 0) is 25.5 Å². The topological polar surface area (TPSA) is 149 Å². The number of aliphatic carboxylic acids is 1. The Labute approximate surface area is 211 Å². The molecule has 37 heavy (non-hydrogen) atoms. The van der Waals surface area contributed by atoms with Gasteiger partial charge in [-0.2, -0.15) is 0 Å². The van der Waals surface area contributed by atoms with E-state index in [-0.39, 0.29) is 41.4 Å². The summed E-state index contributed by atoms with van der Waals surface area (Å²) in [5, 5.41) is 11.1. The molecular formula is C26H24N2O9. The van der Waals surface area contributed by atoms with Crippen molar-refractivity contribution in [1.82, 2.24) is 5.32 Å². The Balaban J connectivity index is 2.03. The minimum Gasteiger partial charge on any atom is -0.490 e. The summed E-state index contributed by atoms with van der Waals surface area (Å²) in [6.07, 6.45) is 3.14. The van der Waals surface area contributed by atoms with Crippen LogP contribution in [0.3, 0.4) is 0 Å². The van der Waals surface area contributed by atoms with Gasteiger partial charge in [0.1, 0.15) is 5.57 Å². The van der Waals surface area contributed by atoms with Crippen molar-refractivity contribution >= 4 is 41.5 Å². The number of benzene rings is 2. The number of hydrogen-bond donors (Lipinski definition) is 2. The Morgan fingerprint density at radius 2 is 1.81 bits per heavy atom. The molecule has 2 aromatic rings. The molecule has 0 atom stereocenters. The lowest BCUT2D eigenvalue weighted by Crippen LogP contribution is -2.54. The highest BCUT2D eigenvalue weighted by atomic mass is 16.5. The van der Waals surface area contributed by atoms with Crippen molar-refractivity contribution < 1.29 is 43.3 Å². The number of carboxylic acids is 1. The third-order valence-electron chi connectivity index (χ3n) is 5.12. The number of amides is 4. The Morgan fingerprint density at radius 1 is 1.11 bits per heavy atom. The molecule has 11 nitrogen and oxygen atoms in total. The highest BCUT2D eigenvalue weighted by Gasteiger charge is 2.37. The number of ether oxygens (including phenoxy) is 3. The molecule has 1 aliphatic rings. The van der Waals surface area contributed by atoms with E-state index in [4.69, 9.17) is 14.6 Å². The maximum atomic E-state index is 13.2. The summed E-state index contributed by atoms with van der Waals surface area (Å²) in [6.45, 7) is 5.06. The zero-order valence-corrected chi connectivity index (χ0v) is 20.1. The van der Waals surface area contributed by atoms with E-state index < -0.39 is 36.4 Å². The maximum absolute atomic E-state index is 13.2. The third kappa shape index (κ3) is 6.01. The van der Waals surface area contributed by atoms with Gasteiger partial charge in [-0.25, -0.2) is 19.3 Å². The summed E-state index contributed by atoms with van der Waals surface area (Å²) in [4.78, 5) is 61.8. The van der Waals surface area contributed by atoms with Crippen LogP contribution < -0.4 is 19.7 Å². The summed E-state index contributed by atoms with van der Waals surface area (Å²) < 4.78 is 15.7. The van der Waals surface area contributed by atoms with Gasteiger partial charge in [0, 0.05) is 5.56 Å². The maximum Gasteiger partial charge on any atom is 0.341 e. The summed E-state index contributed by atoms with van der Waals surface area (Å²) in [5.74, 6) is -3.13. The van der Waals surface area contributed by atoms with Crippen LogP contribution in [0.15, 0.2) is 54.6 Å². The van der Waals surface area contributed by atoms with E-state index >= 15 is 0 Å². The lowest BCUT2D eigenvalue weighted by Gasteiger charge is -2.26. The number of methoxy groups -OCH3 is 1. The molecule has 2 N–H and O–H groups in total. The van der Waals surface area contributed by atoms with Gasteiger partial charge in [0.25, 0.3) is 11.8 Å². The molecule has 0 saturated carbocycles. The van der Waals surface area contributed by atoms with Crippen molar-refractivity contribution in [3.05, 3.63) is 71.3 Å². The van der Waals surface area contributed by atoms with Crippen LogP contribution in [0.5, 0.6) is 11.5 Å². The van der Waals surface area contributed by atoms with Crippen molar-refractivity contribution in [2.75, 3.05) is 25.2 Å². The number of nitrogens with one attached hydrogen (secondary N) is 1. The van der Waals surface area contributed by atoms with E-state index in [1.807, 2.05) is 0 Å². The smallest absolute Gasteiger partial charge is 0.341 e. The highest BCUT2D eigenvalue weighted by molar-refractivity contribution is 6.39. The van der Waals surface area contributed by atoms with Crippen molar-refractivity contribution in [2.45, 2.75) is 13.3 Å². The molecule has 192 valence electrons. The molecule has 0 aromatic heterocycles. The molecule has 3 rings (SSSR count). The van der Waals surface area contributed by atoms with Gasteiger partial charge in [0.05, 0.1) is 25.0 Å². The molecule has 11 heteroatoms. The average Bonchev–Trinajstić information content (AvgIpc) is 2.86. The monoisotopic (exact) mass is 508 g/mol. The molecule has 0 bridgehead atoms. The summed E-state index contributed by atoms with van der Waals surface area (Å²) in [6, 6.07) is 7.66. The molecule has 2 aromatic carbocycles. The number of anilines is 1. The molecule has 0 radical (unpaired) electrons. The van der Waals surface area contributed by atoms with Crippen LogP contribution in [0.25, 0.3) is 6.08 Å². The van der Waals surface area contributed by atoms with Gasteiger partial charge in [-0.3, -0.25) is 14.9 Å². The largest absolute Gasteiger partial charge is 0.490 e. The second-order valence-corrected chi connectivity index (χ2v) is 7.61. The van der Waals surface area contributed by atoms with Gasteiger partial charge in [-0.15, -0.1) is 6.58 Å². The van der Waals surface area contributed by atoms with E-state index in [2.05, 4.69) is 16.6 Å². The fraction of sp³-hybridized carbons (Fsp3) is 0.192. The third-order valence-corrected chi connectivity index (χ3v) is 5.12. The first kappa shape index (κ1) is 26.7. The number of barbiturate groups is 1. The Bertz CT molecular complexity index is 1300. The molecule has 1 aliphatic heterocycles. The lowest BCUT2D eigenvalue weighted by molar-refractivity contribution is -0.139. The van der Waals surface area contributed by atoms with Crippen molar-refractivity contribution in [3.63, 3.8) is 0 Å². The predicted molar refractivity (Wildman–Crippen MR) is 131 cm³/mol. The van der Waals surface area contributed by atoms with Crippen LogP contribution in [0.2, 0.25) is 0 Å². The first-order chi connectivity index (χ1) is 17.7. The zero-order chi connectivity index (χ0) is 27.1. The minimum atomic E-state index is -1.17. The van der Waals surface area contributed by atoms with Crippen LogP contribution >= 0.6 is 0 Å². The number of esters is 1. The lowest BCUT2D eigenvalue weighted by atomic mass is 10.0. The van der Waals surface area contributed by atoms with Gasteiger partial charge in [0.15, 0.2) is 18.1 Å². The van der Waals surface area contributed by atoms with E-state index in [1.54, 1.807) is 19.1 Å². The number of hydrogen-bond acceptors (Lipinski definition) is 8. The van der Waals surface area contributed by atoms with Crippen molar-refractivity contribution in [3.8, 4) is 11.5 Å². The second kappa shape index (κ2) is 11.7. The van der Waals surface area contributed by atoms with Crippen LogP contribution in [0.1, 0.15) is 28.4 Å². The molecular weight excluding hydrogens is 484 g/mol. The number of carbonyl (C=O) groups is 5. The molecule has 0 spiro atoms. The fourth-order valence-corrected chi connectivity index (χ4v) is 3.56. The second-order valence-electron chi connectivity index (χ2n) is 7.61. The van der Waals surface area contributed by atoms with Gasteiger partial charge < -0.3 is 19.3 Å². The normalized spacial score (nSPS) is 14.3. The number of nitrogens with zero attached hydrogens (tertiary/aromatic N) is 1. The van der Waals surface area contributed by atoms with Crippen molar-refractivity contribution in [1.29, 1.82) is 0 Å². The average molecular weight is 508 g/mol. The first-order valence-corrected chi connectivity index (χ1v) is 11.0. The number of carbonyl (C=O) groups excluding carboxylic acids is 4. The van der Waals surface area contributed by atoms with E-state index in [1.165, 1.54) is 43.5 Å². The van der Waals surface area contributed by atoms with Gasteiger partial charge in [-0.05, 0) is 61.4 Å². The number of allylic oxidation sites excluding steroid dienone is 1. The first-order valence-electron chi connectivity index (χ1n) is 11.0. The van der Waals surface area contributed by atoms with E-state index in [9.17, 15) is 24.0 Å². The summed E-state index contributed by atoms with van der Waals surface area (Å²) in [7, 11) is 1.22. The van der Waals surface area contributed by atoms with Crippen LogP contribution in [0.4, 0.5) is 10.5 Å². The van der Waals surface area contributed by atoms with E-state index in [0.29, 0.717) is 11.1 Å². The molecule has 0 unspecified atom stereocenters.